The van der Waals surface area contributed by atoms with Gasteiger partial charge < -0.3 is 19.7 Å². The van der Waals surface area contributed by atoms with Crippen molar-refractivity contribution in [1.29, 1.82) is 0 Å². The first-order valence-electron chi connectivity index (χ1n) is 10.0. The number of aliphatic hydroxyl groups is 1. The molecular weight excluding hydrogens is 385 g/mol. The normalized spacial score (nSPS) is 25.6. The van der Waals surface area contributed by atoms with Crippen molar-refractivity contribution in [2.24, 2.45) is 5.92 Å². The van der Waals surface area contributed by atoms with E-state index in [1.165, 1.54) is 6.07 Å². The van der Waals surface area contributed by atoms with Gasteiger partial charge in [0.15, 0.2) is 0 Å². The van der Waals surface area contributed by atoms with Gasteiger partial charge in [-0.25, -0.2) is 0 Å². The Balaban J connectivity index is 1.63. The van der Waals surface area contributed by atoms with Crippen LogP contribution in [0.15, 0.2) is 22.6 Å². The summed E-state index contributed by atoms with van der Waals surface area (Å²) in [4.78, 5) is 14.4. The number of rotatable bonds is 3. The van der Waals surface area contributed by atoms with E-state index in [2.05, 4.69) is 5.32 Å². The van der Waals surface area contributed by atoms with Crippen molar-refractivity contribution >= 4 is 22.6 Å². The van der Waals surface area contributed by atoms with Crippen LogP contribution >= 0.6 is 0 Å². The van der Waals surface area contributed by atoms with Gasteiger partial charge in [-0.3, -0.25) is 4.79 Å². The molecule has 0 saturated heterocycles. The molecule has 2 heterocycles. The molecule has 0 atom stereocenters. The van der Waals surface area contributed by atoms with Gasteiger partial charge in [0.25, 0.3) is 5.91 Å². The zero-order chi connectivity index (χ0) is 20.8. The fourth-order valence-electron chi connectivity index (χ4n) is 4.38. The largest absolute Gasteiger partial charge is 0.449 e. The molecule has 8 heteroatoms. The van der Waals surface area contributed by atoms with Crippen LogP contribution in [0.4, 0.5) is 18.9 Å². The zero-order valence-corrected chi connectivity index (χ0v) is 16.3. The summed E-state index contributed by atoms with van der Waals surface area (Å²) in [5.74, 6) is 0.124. The fraction of sp³-hybridized carbons (Fsp3) is 0.571. The molecule has 0 radical (unpaired) electrons. The van der Waals surface area contributed by atoms with Crippen LogP contribution in [0, 0.1) is 5.92 Å². The average molecular weight is 410 g/mol. The maximum atomic E-state index is 13.2. The van der Waals surface area contributed by atoms with Gasteiger partial charge in [-0.15, -0.1) is 0 Å². The summed E-state index contributed by atoms with van der Waals surface area (Å²) in [6.07, 6.45) is -0.242. The first kappa shape index (κ1) is 20.1. The standard InChI is InChI=1S/C21H25F3N2O3/c1-20(28)7-4-13(5-8-20)6-10-26-11-9-25-19(27)18-17(26)15-12-14(21(22,23)24)2-3-16(15)29-18/h2-3,12-13,28H,4-11H2,1H3,(H,25,27). The van der Waals surface area contributed by atoms with E-state index in [0.29, 0.717) is 36.6 Å². The molecule has 1 amide bonds. The Morgan fingerprint density at radius 2 is 2.03 bits per heavy atom. The fourth-order valence-corrected chi connectivity index (χ4v) is 4.38. The van der Waals surface area contributed by atoms with Gasteiger partial charge in [-0.2, -0.15) is 13.2 Å². The lowest BCUT2D eigenvalue weighted by atomic mass is 9.78. The van der Waals surface area contributed by atoms with Crippen molar-refractivity contribution in [2.45, 2.75) is 50.8 Å². The molecule has 158 valence electrons. The van der Waals surface area contributed by atoms with Gasteiger partial charge in [-0.05, 0) is 63.1 Å². The predicted molar refractivity (Wildman–Crippen MR) is 103 cm³/mol. The molecule has 1 aliphatic heterocycles. The molecule has 2 aromatic rings. The van der Waals surface area contributed by atoms with E-state index in [1.54, 1.807) is 0 Å². The topological polar surface area (TPSA) is 65.7 Å². The monoisotopic (exact) mass is 410 g/mol. The molecule has 1 aromatic heterocycles. The molecule has 1 aliphatic carbocycles. The van der Waals surface area contributed by atoms with Crippen LogP contribution in [0.1, 0.15) is 55.1 Å². The number of nitrogens with zero attached hydrogens (tertiary/aromatic N) is 1. The quantitative estimate of drug-likeness (QED) is 0.791. The van der Waals surface area contributed by atoms with Crippen molar-refractivity contribution in [3.8, 4) is 0 Å². The summed E-state index contributed by atoms with van der Waals surface area (Å²) < 4.78 is 45.3. The zero-order valence-electron chi connectivity index (χ0n) is 16.3. The van der Waals surface area contributed by atoms with Gasteiger partial charge in [0.2, 0.25) is 5.76 Å². The van der Waals surface area contributed by atoms with Gasteiger partial charge in [-0.1, -0.05) is 0 Å². The third-order valence-electron chi connectivity index (χ3n) is 6.17. The van der Waals surface area contributed by atoms with Crippen LogP contribution in [0.3, 0.4) is 0 Å². The van der Waals surface area contributed by atoms with Gasteiger partial charge in [0, 0.05) is 25.0 Å². The number of hydrogen-bond acceptors (Lipinski definition) is 4. The average Bonchev–Trinajstić information content (AvgIpc) is 2.96. The number of amides is 1. The number of carbonyl (C=O) groups excluding carboxylic acids is 1. The Bertz CT molecular complexity index is 910. The van der Waals surface area contributed by atoms with Crippen molar-refractivity contribution in [3.63, 3.8) is 0 Å². The number of halogens is 3. The minimum atomic E-state index is -4.46. The van der Waals surface area contributed by atoms with E-state index < -0.39 is 23.2 Å². The molecule has 2 aliphatic rings. The van der Waals surface area contributed by atoms with E-state index in [9.17, 15) is 23.1 Å². The second-order valence-corrected chi connectivity index (χ2v) is 8.46. The predicted octanol–water partition coefficient (Wildman–Crippen LogP) is 4.33. The lowest BCUT2D eigenvalue weighted by Gasteiger charge is -2.34. The molecule has 0 unspecified atom stereocenters. The lowest BCUT2D eigenvalue weighted by Crippen LogP contribution is -2.34. The molecular formula is C21H25F3N2O3. The first-order valence-corrected chi connectivity index (χ1v) is 10.0. The molecule has 29 heavy (non-hydrogen) atoms. The van der Waals surface area contributed by atoms with Gasteiger partial charge in [0.05, 0.1) is 16.9 Å². The summed E-state index contributed by atoms with van der Waals surface area (Å²) in [5, 5.41) is 13.2. The number of carbonyl (C=O) groups is 1. The minimum absolute atomic E-state index is 0.0726. The second-order valence-electron chi connectivity index (χ2n) is 8.46. The number of nitrogens with one attached hydrogen (secondary N) is 1. The number of anilines is 1. The van der Waals surface area contributed by atoms with Crippen LogP contribution in [0.2, 0.25) is 0 Å². The third kappa shape index (κ3) is 4.08. The van der Waals surface area contributed by atoms with Gasteiger partial charge in [0.1, 0.15) is 5.58 Å². The molecule has 0 bridgehead atoms. The Morgan fingerprint density at radius 3 is 2.72 bits per heavy atom. The Labute approximate surface area is 166 Å². The van der Waals surface area contributed by atoms with Gasteiger partial charge >= 0.3 is 6.18 Å². The van der Waals surface area contributed by atoms with Crippen molar-refractivity contribution < 1.29 is 27.5 Å². The van der Waals surface area contributed by atoms with Crippen LogP contribution in [0.5, 0.6) is 0 Å². The smallest absolute Gasteiger partial charge is 0.416 e. The molecule has 1 saturated carbocycles. The molecule has 1 fully saturated rings. The highest BCUT2D eigenvalue weighted by Crippen LogP contribution is 2.40. The molecule has 0 spiro atoms. The SMILES string of the molecule is CC1(O)CCC(CCN2CCNC(=O)c3oc4ccc(C(F)(F)F)cc4c32)CC1. The molecule has 1 aromatic carbocycles. The highest BCUT2D eigenvalue weighted by Gasteiger charge is 2.34. The second kappa shape index (κ2) is 7.23. The van der Waals surface area contributed by atoms with Crippen LogP contribution in [0.25, 0.3) is 11.0 Å². The minimum Gasteiger partial charge on any atom is -0.449 e. The first-order chi connectivity index (χ1) is 13.6. The van der Waals surface area contributed by atoms with Crippen LogP contribution in [-0.2, 0) is 6.18 Å². The molecule has 2 N–H and O–H groups in total. The Hall–Kier alpha value is -2.22. The van der Waals surface area contributed by atoms with E-state index in [1.807, 2.05) is 11.8 Å². The summed E-state index contributed by atoms with van der Waals surface area (Å²) in [6.45, 7) is 3.40. The highest BCUT2D eigenvalue weighted by atomic mass is 19.4. The summed E-state index contributed by atoms with van der Waals surface area (Å²) in [6, 6.07) is 3.32. The van der Waals surface area contributed by atoms with Crippen LogP contribution in [-0.4, -0.2) is 36.2 Å². The Kier molecular flexibility index (Phi) is 5.01. The van der Waals surface area contributed by atoms with Crippen LogP contribution < -0.4 is 10.2 Å². The lowest BCUT2D eigenvalue weighted by molar-refractivity contribution is -0.137. The summed E-state index contributed by atoms with van der Waals surface area (Å²) >= 11 is 0. The summed E-state index contributed by atoms with van der Waals surface area (Å²) in [7, 11) is 0. The third-order valence-corrected chi connectivity index (χ3v) is 6.17. The number of hydrogen-bond donors (Lipinski definition) is 2. The molecule has 5 nitrogen and oxygen atoms in total. The van der Waals surface area contributed by atoms with E-state index in [4.69, 9.17) is 4.42 Å². The van der Waals surface area contributed by atoms with Crippen molar-refractivity contribution in [2.75, 3.05) is 24.5 Å². The number of benzene rings is 1. The number of fused-ring (bicyclic) bond motifs is 3. The maximum absolute atomic E-state index is 13.2. The van der Waals surface area contributed by atoms with E-state index in [0.717, 1.165) is 44.2 Å². The summed E-state index contributed by atoms with van der Waals surface area (Å²) in [5.41, 5.74) is -0.632. The maximum Gasteiger partial charge on any atom is 0.416 e. The number of alkyl halides is 3. The van der Waals surface area contributed by atoms with E-state index in [-0.39, 0.29) is 11.3 Å². The Morgan fingerprint density at radius 1 is 1.31 bits per heavy atom. The highest BCUT2D eigenvalue weighted by molar-refractivity contribution is 6.07. The van der Waals surface area contributed by atoms with Crippen molar-refractivity contribution in [3.05, 3.63) is 29.5 Å². The van der Waals surface area contributed by atoms with Crippen molar-refractivity contribution in [1.82, 2.24) is 5.32 Å². The molecule has 4 rings (SSSR count). The number of furan rings is 1. The van der Waals surface area contributed by atoms with E-state index >= 15 is 0 Å².